The van der Waals surface area contributed by atoms with E-state index in [0.29, 0.717) is 5.56 Å². The van der Waals surface area contributed by atoms with E-state index in [0.717, 1.165) is 23.0 Å². The van der Waals surface area contributed by atoms with E-state index >= 15 is 0 Å². The molecule has 1 atom stereocenters. The molecule has 0 radical (unpaired) electrons. The molecule has 3 aromatic rings. The van der Waals surface area contributed by atoms with Crippen LogP contribution < -0.4 is 10.5 Å². The third-order valence-electron chi connectivity index (χ3n) is 4.81. The van der Waals surface area contributed by atoms with Crippen LogP contribution in [0.25, 0.3) is 10.9 Å². The molecule has 0 spiro atoms. The number of fused-ring (bicyclic) bond motifs is 2. The van der Waals surface area contributed by atoms with Crippen molar-refractivity contribution in [1.29, 1.82) is 0 Å². The highest BCUT2D eigenvalue weighted by Gasteiger charge is 2.32. The summed E-state index contributed by atoms with van der Waals surface area (Å²) in [5, 5.41) is 0.807. The maximum Gasteiger partial charge on any atom is 0.259 e. The summed E-state index contributed by atoms with van der Waals surface area (Å²) in [5.74, 6) is -0.110. The van der Waals surface area contributed by atoms with Crippen molar-refractivity contribution in [2.75, 3.05) is 4.90 Å². The fourth-order valence-electron chi connectivity index (χ4n) is 3.59. The molecule has 1 aliphatic heterocycles. The van der Waals surface area contributed by atoms with Crippen LogP contribution in [0.2, 0.25) is 0 Å². The molecule has 0 saturated carbocycles. The van der Waals surface area contributed by atoms with Crippen LogP contribution in [-0.2, 0) is 13.5 Å². The standard InChI is InChI=1S/C20H18N2O2/c1-13-11-14-7-3-5-9-17(14)22(13)20(24)16-12-19(23)21(2)18-10-6-4-8-15(16)18/h3-10,12-13H,11H2,1-2H3. The van der Waals surface area contributed by atoms with Gasteiger partial charge in [-0.3, -0.25) is 9.59 Å². The molecule has 0 saturated heterocycles. The Morgan fingerprint density at radius 1 is 1.08 bits per heavy atom. The highest BCUT2D eigenvalue weighted by atomic mass is 16.2. The summed E-state index contributed by atoms with van der Waals surface area (Å²) in [7, 11) is 1.73. The van der Waals surface area contributed by atoms with Gasteiger partial charge in [-0.1, -0.05) is 36.4 Å². The maximum atomic E-state index is 13.3. The first-order chi connectivity index (χ1) is 11.6. The van der Waals surface area contributed by atoms with Gasteiger partial charge in [-0.05, 0) is 31.0 Å². The molecule has 120 valence electrons. The first-order valence-corrected chi connectivity index (χ1v) is 8.08. The van der Waals surface area contributed by atoms with Crippen molar-refractivity contribution in [2.24, 2.45) is 7.05 Å². The Hall–Kier alpha value is -2.88. The number of carbonyl (C=O) groups is 1. The van der Waals surface area contributed by atoms with Crippen LogP contribution in [0.3, 0.4) is 0 Å². The van der Waals surface area contributed by atoms with E-state index in [9.17, 15) is 9.59 Å². The predicted molar refractivity (Wildman–Crippen MR) is 95.6 cm³/mol. The van der Waals surface area contributed by atoms with Crippen LogP contribution >= 0.6 is 0 Å². The van der Waals surface area contributed by atoms with Crippen LogP contribution in [0.4, 0.5) is 5.69 Å². The average molecular weight is 318 g/mol. The normalized spacial score (nSPS) is 16.4. The summed E-state index contributed by atoms with van der Waals surface area (Å²) < 4.78 is 1.58. The van der Waals surface area contributed by atoms with E-state index in [2.05, 4.69) is 6.07 Å². The zero-order valence-corrected chi connectivity index (χ0v) is 13.7. The molecule has 2 aromatic carbocycles. The van der Waals surface area contributed by atoms with Gasteiger partial charge in [0.1, 0.15) is 0 Å². The molecule has 24 heavy (non-hydrogen) atoms. The van der Waals surface area contributed by atoms with Gasteiger partial charge in [0.25, 0.3) is 11.5 Å². The Morgan fingerprint density at radius 3 is 2.62 bits per heavy atom. The number of aromatic nitrogens is 1. The van der Waals surface area contributed by atoms with E-state index in [1.807, 2.05) is 54.3 Å². The lowest BCUT2D eigenvalue weighted by Gasteiger charge is -2.23. The Labute approximate surface area is 140 Å². The molecular formula is C20H18N2O2. The molecular weight excluding hydrogens is 300 g/mol. The van der Waals surface area contributed by atoms with Gasteiger partial charge in [0.05, 0.1) is 11.1 Å². The lowest BCUT2D eigenvalue weighted by atomic mass is 10.1. The van der Waals surface area contributed by atoms with E-state index in [4.69, 9.17) is 0 Å². The second kappa shape index (κ2) is 5.34. The molecule has 0 fully saturated rings. The summed E-state index contributed by atoms with van der Waals surface area (Å²) in [6.07, 6.45) is 0.838. The molecule has 1 amide bonds. The predicted octanol–water partition coefficient (Wildman–Crippen LogP) is 3.13. The number of carbonyl (C=O) groups excluding carboxylic acids is 1. The number of hydrogen-bond acceptors (Lipinski definition) is 2. The summed E-state index contributed by atoms with van der Waals surface area (Å²) in [4.78, 5) is 27.4. The summed E-state index contributed by atoms with van der Waals surface area (Å²) in [6, 6.07) is 17.0. The minimum atomic E-state index is -0.169. The van der Waals surface area contributed by atoms with Crippen LogP contribution in [0.1, 0.15) is 22.8 Å². The Kier molecular flexibility index (Phi) is 3.27. The molecule has 1 aromatic heterocycles. The molecule has 1 aliphatic rings. The minimum absolute atomic E-state index is 0.0812. The van der Waals surface area contributed by atoms with Gasteiger partial charge in [0.2, 0.25) is 0 Å². The Balaban J connectivity index is 1.92. The van der Waals surface area contributed by atoms with Gasteiger partial charge in [0.15, 0.2) is 0 Å². The van der Waals surface area contributed by atoms with Gasteiger partial charge in [0, 0.05) is 30.2 Å². The van der Waals surface area contributed by atoms with E-state index in [-0.39, 0.29) is 17.5 Å². The van der Waals surface area contributed by atoms with Crippen LogP contribution in [0, 0.1) is 0 Å². The van der Waals surface area contributed by atoms with E-state index < -0.39 is 0 Å². The van der Waals surface area contributed by atoms with Gasteiger partial charge in [-0.2, -0.15) is 0 Å². The van der Waals surface area contributed by atoms with Crippen molar-refractivity contribution >= 4 is 22.5 Å². The quantitative estimate of drug-likeness (QED) is 0.692. The van der Waals surface area contributed by atoms with E-state index in [1.54, 1.807) is 11.6 Å². The number of anilines is 1. The molecule has 4 nitrogen and oxygen atoms in total. The molecule has 2 heterocycles. The summed E-state index contributed by atoms with van der Waals surface area (Å²) >= 11 is 0. The van der Waals surface area contributed by atoms with Crippen molar-refractivity contribution in [1.82, 2.24) is 4.57 Å². The first kappa shape index (κ1) is 14.7. The minimum Gasteiger partial charge on any atom is -0.311 e. The highest BCUT2D eigenvalue weighted by molar-refractivity contribution is 6.14. The number of aryl methyl sites for hydroxylation is 1. The molecule has 0 bridgehead atoms. The number of pyridine rings is 1. The second-order valence-corrected chi connectivity index (χ2v) is 6.33. The Morgan fingerprint density at radius 2 is 1.79 bits per heavy atom. The number of rotatable bonds is 1. The summed E-state index contributed by atoms with van der Waals surface area (Å²) in [6.45, 7) is 2.04. The van der Waals surface area contributed by atoms with Gasteiger partial charge >= 0.3 is 0 Å². The van der Waals surface area contributed by atoms with Gasteiger partial charge < -0.3 is 9.47 Å². The van der Waals surface area contributed by atoms with Crippen molar-refractivity contribution < 1.29 is 4.79 Å². The number of benzene rings is 2. The second-order valence-electron chi connectivity index (χ2n) is 6.33. The fraction of sp³-hybridized carbons (Fsp3) is 0.200. The van der Waals surface area contributed by atoms with Gasteiger partial charge in [-0.15, -0.1) is 0 Å². The monoisotopic (exact) mass is 318 g/mol. The maximum absolute atomic E-state index is 13.3. The van der Waals surface area contributed by atoms with Crippen LogP contribution in [0.15, 0.2) is 59.4 Å². The van der Waals surface area contributed by atoms with E-state index in [1.165, 1.54) is 11.6 Å². The smallest absolute Gasteiger partial charge is 0.259 e. The third-order valence-corrected chi connectivity index (χ3v) is 4.81. The average Bonchev–Trinajstić information content (AvgIpc) is 2.93. The largest absolute Gasteiger partial charge is 0.311 e. The van der Waals surface area contributed by atoms with Crippen molar-refractivity contribution in [3.8, 4) is 0 Å². The zero-order chi connectivity index (χ0) is 16.8. The number of amides is 1. The molecule has 4 heteroatoms. The number of hydrogen-bond donors (Lipinski definition) is 0. The van der Waals surface area contributed by atoms with Crippen LogP contribution in [0.5, 0.6) is 0 Å². The number of para-hydroxylation sites is 2. The topological polar surface area (TPSA) is 42.3 Å². The molecule has 4 rings (SSSR count). The molecule has 0 aliphatic carbocycles. The van der Waals surface area contributed by atoms with Crippen molar-refractivity contribution in [2.45, 2.75) is 19.4 Å². The van der Waals surface area contributed by atoms with Crippen molar-refractivity contribution in [3.63, 3.8) is 0 Å². The van der Waals surface area contributed by atoms with Gasteiger partial charge in [-0.25, -0.2) is 0 Å². The first-order valence-electron chi connectivity index (χ1n) is 8.08. The number of nitrogens with zero attached hydrogens (tertiary/aromatic N) is 2. The lowest BCUT2D eigenvalue weighted by Crippen LogP contribution is -2.36. The fourth-order valence-corrected chi connectivity index (χ4v) is 3.59. The SMILES string of the molecule is CC1Cc2ccccc2N1C(=O)c1cc(=O)n(C)c2ccccc12. The highest BCUT2D eigenvalue weighted by Crippen LogP contribution is 2.33. The molecule has 1 unspecified atom stereocenters. The lowest BCUT2D eigenvalue weighted by molar-refractivity contribution is 0.0983. The third kappa shape index (κ3) is 2.07. The Bertz CT molecular complexity index is 1020. The molecule has 0 N–H and O–H groups in total. The van der Waals surface area contributed by atoms with Crippen molar-refractivity contribution in [3.05, 3.63) is 76.1 Å². The van der Waals surface area contributed by atoms with Crippen LogP contribution in [-0.4, -0.2) is 16.5 Å². The zero-order valence-electron chi connectivity index (χ0n) is 13.7. The summed E-state index contributed by atoms with van der Waals surface area (Å²) in [5.41, 5.74) is 3.19.